The molecule has 1 rings (SSSR count). The van der Waals surface area contributed by atoms with Crippen molar-refractivity contribution in [2.75, 3.05) is 6.61 Å². The van der Waals surface area contributed by atoms with Gasteiger partial charge in [-0.2, -0.15) is 0 Å². The maximum absolute atomic E-state index is 10.7. The molecule has 1 aromatic rings. The first-order valence-electron chi connectivity index (χ1n) is 4.24. The lowest BCUT2D eigenvalue weighted by atomic mass is 10.2. The van der Waals surface area contributed by atoms with Crippen LogP contribution in [0.2, 0.25) is 0 Å². The molecule has 0 saturated heterocycles. The lowest BCUT2D eigenvalue weighted by molar-refractivity contribution is 0.0696. The number of ether oxygens (including phenoxy) is 1. The lowest BCUT2D eigenvalue weighted by Crippen LogP contribution is -2.00. The standard InChI is InChI=1S/C11H9BrO3/c1-2-3-6-15-10-7-8(11(13)14)4-5-9(10)12/h1,4-5,7H,3,6H2,(H,13,14). The first-order valence-corrected chi connectivity index (χ1v) is 5.03. The zero-order valence-electron chi connectivity index (χ0n) is 7.87. The normalized spacial score (nSPS) is 9.33. The van der Waals surface area contributed by atoms with Gasteiger partial charge in [0.15, 0.2) is 0 Å². The second-order valence-electron chi connectivity index (χ2n) is 2.75. The van der Waals surface area contributed by atoms with Gasteiger partial charge in [0.2, 0.25) is 0 Å². The zero-order chi connectivity index (χ0) is 11.3. The van der Waals surface area contributed by atoms with E-state index < -0.39 is 5.97 Å². The number of aromatic carboxylic acids is 1. The molecule has 1 aromatic carbocycles. The maximum atomic E-state index is 10.7. The van der Waals surface area contributed by atoms with Crippen LogP contribution in [0.25, 0.3) is 0 Å². The van der Waals surface area contributed by atoms with Gasteiger partial charge >= 0.3 is 5.97 Å². The Kier molecular flexibility index (Phi) is 4.19. The van der Waals surface area contributed by atoms with Crippen LogP contribution in [0.15, 0.2) is 22.7 Å². The van der Waals surface area contributed by atoms with Crippen molar-refractivity contribution >= 4 is 21.9 Å². The summed E-state index contributed by atoms with van der Waals surface area (Å²) in [5.41, 5.74) is 0.189. The number of hydrogen-bond acceptors (Lipinski definition) is 2. The molecule has 0 bridgehead atoms. The second kappa shape index (κ2) is 5.42. The average molecular weight is 269 g/mol. The summed E-state index contributed by atoms with van der Waals surface area (Å²) in [6.45, 7) is 0.373. The highest BCUT2D eigenvalue weighted by Crippen LogP contribution is 2.26. The molecule has 0 aromatic heterocycles. The van der Waals surface area contributed by atoms with E-state index in [4.69, 9.17) is 16.3 Å². The molecule has 0 radical (unpaired) electrons. The smallest absolute Gasteiger partial charge is 0.335 e. The summed E-state index contributed by atoms with van der Waals surface area (Å²) in [5, 5.41) is 8.77. The number of carboxylic acid groups (broad SMARTS) is 1. The Morgan fingerprint density at radius 3 is 2.93 bits per heavy atom. The van der Waals surface area contributed by atoms with Gasteiger partial charge in [0.05, 0.1) is 16.6 Å². The Bertz CT molecular complexity index is 407. The Labute approximate surface area is 96.2 Å². The van der Waals surface area contributed by atoms with Crippen LogP contribution < -0.4 is 4.74 Å². The molecular formula is C11H9BrO3. The molecule has 0 spiro atoms. The van der Waals surface area contributed by atoms with Crippen molar-refractivity contribution in [3.8, 4) is 18.1 Å². The Morgan fingerprint density at radius 2 is 2.33 bits per heavy atom. The number of rotatable bonds is 4. The SMILES string of the molecule is C#CCCOc1cc(C(=O)O)ccc1Br. The van der Waals surface area contributed by atoms with E-state index in [9.17, 15) is 4.79 Å². The third-order valence-corrected chi connectivity index (χ3v) is 2.34. The summed E-state index contributed by atoms with van der Waals surface area (Å²) in [5.74, 6) is 1.95. The van der Waals surface area contributed by atoms with E-state index >= 15 is 0 Å². The number of carbonyl (C=O) groups is 1. The minimum Gasteiger partial charge on any atom is -0.491 e. The summed E-state index contributed by atoms with van der Waals surface area (Å²) in [7, 11) is 0. The molecule has 0 aliphatic heterocycles. The molecule has 1 N–H and O–H groups in total. The molecule has 0 unspecified atom stereocenters. The van der Waals surface area contributed by atoms with Crippen molar-refractivity contribution in [2.24, 2.45) is 0 Å². The van der Waals surface area contributed by atoms with E-state index in [1.807, 2.05) is 0 Å². The fourth-order valence-corrected chi connectivity index (χ4v) is 1.33. The average Bonchev–Trinajstić information content (AvgIpc) is 2.20. The van der Waals surface area contributed by atoms with Crippen LogP contribution in [-0.4, -0.2) is 17.7 Å². The van der Waals surface area contributed by atoms with Crippen LogP contribution in [0.4, 0.5) is 0 Å². The van der Waals surface area contributed by atoms with Gasteiger partial charge in [-0.15, -0.1) is 12.3 Å². The van der Waals surface area contributed by atoms with Crippen molar-refractivity contribution in [1.29, 1.82) is 0 Å². The fraction of sp³-hybridized carbons (Fsp3) is 0.182. The quantitative estimate of drug-likeness (QED) is 0.675. The molecule has 0 atom stereocenters. The topological polar surface area (TPSA) is 46.5 Å². The molecule has 0 aliphatic rings. The van der Waals surface area contributed by atoms with Gasteiger partial charge in [0.25, 0.3) is 0 Å². The molecular weight excluding hydrogens is 260 g/mol. The van der Waals surface area contributed by atoms with E-state index in [0.29, 0.717) is 23.2 Å². The maximum Gasteiger partial charge on any atom is 0.335 e. The Balaban J connectivity index is 2.82. The summed E-state index contributed by atoms with van der Waals surface area (Å²) in [6, 6.07) is 4.60. The third kappa shape index (κ3) is 3.30. The first kappa shape index (κ1) is 11.6. The van der Waals surface area contributed by atoms with Gasteiger partial charge in [-0.1, -0.05) is 0 Å². The minimum absolute atomic E-state index is 0.189. The number of terminal acetylenes is 1. The first-order chi connectivity index (χ1) is 7.15. The number of hydrogen-bond donors (Lipinski definition) is 1. The highest BCUT2D eigenvalue weighted by molar-refractivity contribution is 9.10. The Morgan fingerprint density at radius 1 is 1.60 bits per heavy atom. The van der Waals surface area contributed by atoms with Crippen molar-refractivity contribution in [1.82, 2.24) is 0 Å². The lowest BCUT2D eigenvalue weighted by Gasteiger charge is -2.07. The Hall–Kier alpha value is -1.47. The van der Waals surface area contributed by atoms with E-state index in [1.165, 1.54) is 12.1 Å². The van der Waals surface area contributed by atoms with E-state index in [0.717, 1.165) is 0 Å². The highest BCUT2D eigenvalue weighted by atomic mass is 79.9. The van der Waals surface area contributed by atoms with Crippen LogP contribution >= 0.6 is 15.9 Å². The fourth-order valence-electron chi connectivity index (χ4n) is 0.967. The molecule has 0 amide bonds. The number of benzene rings is 1. The number of carboxylic acids is 1. The molecule has 78 valence electrons. The van der Waals surface area contributed by atoms with Crippen molar-refractivity contribution in [3.63, 3.8) is 0 Å². The van der Waals surface area contributed by atoms with Crippen LogP contribution in [0.1, 0.15) is 16.8 Å². The van der Waals surface area contributed by atoms with E-state index in [-0.39, 0.29) is 5.56 Å². The highest BCUT2D eigenvalue weighted by Gasteiger charge is 2.07. The van der Waals surface area contributed by atoms with E-state index in [1.54, 1.807) is 6.07 Å². The van der Waals surface area contributed by atoms with Crippen molar-refractivity contribution in [3.05, 3.63) is 28.2 Å². The molecule has 0 heterocycles. The summed E-state index contributed by atoms with van der Waals surface area (Å²) in [6.07, 6.45) is 5.56. The summed E-state index contributed by atoms with van der Waals surface area (Å²) in [4.78, 5) is 10.7. The van der Waals surface area contributed by atoms with Crippen LogP contribution in [0.5, 0.6) is 5.75 Å². The van der Waals surface area contributed by atoms with Gasteiger partial charge in [0.1, 0.15) is 5.75 Å². The molecule has 0 saturated carbocycles. The molecule has 0 aliphatic carbocycles. The molecule has 4 heteroatoms. The minimum atomic E-state index is -0.982. The number of halogens is 1. The summed E-state index contributed by atoms with van der Waals surface area (Å²) < 4.78 is 6.03. The van der Waals surface area contributed by atoms with Crippen LogP contribution in [0.3, 0.4) is 0 Å². The van der Waals surface area contributed by atoms with Gasteiger partial charge in [-0.3, -0.25) is 0 Å². The van der Waals surface area contributed by atoms with E-state index in [2.05, 4.69) is 21.9 Å². The van der Waals surface area contributed by atoms with Gasteiger partial charge in [-0.25, -0.2) is 4.79 Å². The summed E-state index contributed by atoms with van der Waals surface area (Å²) >= 11 is 3.26. The van der Waals surface area contributed by atoms with Crippen LogP contribution in [0, 0.1) is 12.3 Å². The predicted molar refractivity (Wildman–Crippen MR) is 60.0 cm³/mol. The third-order valence-electron chi connectivity index (χ3n) is 1.68. The molecule has 3 nitrogen and oxygen atoms in total. The predicted octanol–water partition coefficient (Wildman–Crippen LogP) is 2.55. The molecule has 0 fully saturated rings. The van der Waals surface area contributed by atoms with Gasteiger partial charge < -0.3 is 9.84 Å². The monoisotopic (exact) mass is 268 g/mol. The van der Waals surface area contributed by atoms with Crippen LogP contribution in [-0.2, 0) is 0 Å². The van der Waals surface area contributed by atoms with Crippen molar-refractivity contribution < 1.29 is 14.6 Å². The zero-order valence-corrected chi connectivity index (χ0v) is 9.45. The second-order valence-corrected chi connectivity index (χ2v) is 3.61. The van der Waals surface area contributed by atoms with Crippen molar-refractivity contribution in [2.45, 2.75) is 6.42 Å². The molecule has 15 heavy (non-hydrogen) atoms. The van der Waals surface area contributed by atoms with Gasteiger partial charge in [0, 0.05) is 6.42 Å². The largest absolute Gasteiger partial charge is 0.491 e. The van der Waals surface area contributed by atoms with Gasteiger partial charge in [-0.05, 0) is 34.1 Å².